The highest BCUT2D eigenvalue weighted by molar-refractivity contribution is 5.91. The van der Waals surface area contributed by atoms with Crippen molar-refractivity contribution < 1.29 is 19.1 Å². The van der Waals surface area contributed by atoms with Crippen molar-refractivity contribution in [3.05, 3.63) is 71.3 Å². The molecule has 220 valence electrons. The van der Waals surface area contributed by atoms with Crippen LogP contribution in [0.5, 0.6) is 0 Å². The first-order valence-corrected chi connectivity index (χ1v) is 15.0. The van der Waals surface area contributed by atoms with E-state index in [0.29, 0.717) is 12.3 Å². The Morgan fingerprint density at radius 2 is 1.63 bits per heavy atom. The lowest BCUT2D eigenvalue weighted by Gasteiger charge is -2.36. The van der Waals surface area contributed by atoms with E-state index in [1.165, 1.54) is 11.1 Å². The molecule has 1 aliphatic carbocycles. The van der Waals surface area contributed by atoms with Crippen LogP contribution in [0.2, 0.25) is 0 Å². The summed E-state index contributed by atoms with van der Waals surface area (Å²) in [5, 5.41) is 2.87. The van der Waals surface area contributed by atoms with Crippen LogP contribution in [0, 0.1) is 5.92 Å². The third-order valence-corrected chi connectivity index (χ3v) is 8.85. The van der Waals surface area contributed by atoms with Gasteiger partial charge in [0.05, 0.1) is 0 Å². The zero-order valence-electron chi connectivity index (χ0n) is 24.6. The molecule has 8 nitrogen and oxygen atoms in total. The van der Waals surface area contributed by atoms with Gasteiger partial charge in [-0.25, -0.2) is 4.79 Å². The number of hydrogen-bond acceptors (Lipinski definition) is 5. The van der Waals surface area contributed by atoms with E-state index >= 15 is 0 Å². The van der Waals surface area contributed by atoms with E-state index in [1.54, 1.807) is 4.90 Å². The summed E-state index contributed by atoms with van der Waals surface area (Å²) in [6.45, 7) is 8.58. The number of nitrogens with one attached hydrogen (secondary N) is 1. The number of carbonyl (C=O) groups is 3. The van der Waals surface area contributed by atoms with Gasteiger partial charge < -0.3 is 15.8 Å². The second-order valence-electron chi connectivity index (χ2n) is 13.0. The van der Waals surface area contributed by atoms with Crippen LogP contribution in [0.25, 0.3) is 0 Å². The van der Waals surface area contributed by atoms with Crippen molar-refractivity contribution in [2.24, 2.45) is 11.7 Å². The maximum absolute atomic E-state index is 13.5. The number of hydrogen-bond donors (Lipinski definition) is 2. The molecule has 3 aliphatic rings. The molecular weight excluding hydrogens is 516 g/mol. The molecule has 4 atom stereocenters. The fourth-order valence-electron chi connectivity index (χ4n) is 6.81. The first-order chi connectivity index (χ1) is 19.6. The van der Waals surface area contributed by atoms with Crippen LogP contribution >= 0.6 is 0 Å². The number of nitrogens with two attached hydrogens (primary N) is 1. The van der Waals surface area contributed by atoms with E-state index in [0.717, 1.165) is 57.3 Å². The third kappa shape index (κ3) is 7.10. The molecule has 3 amide bonds. The Kier molecular flexibility index (Phi) is 8.68. The Labute approximate surface area is 243 Å². The molecule has 5 rings (SSSR count). The fourth-order valence-corrected chi connectivity index (χ4v) is 6.81. The molecule has 2 aromatic rings. The average molecular weight is 561 g/mol. The number of ether oxygens (including phenoxy) is 1. The summed E-state index contributed by atoms with van der Waals surface area (Å²) in [4.78, 5) is 42.9. The molecule has 2 bridgehead atoms. The van der Waals surface area contributed by atoms with Gasteiger partial charge >= 0.3 is 6.09 Å². The van der Waals surface area contributed by atoms with E-state index < -0.39 is 29.7 Å². The topological polar surface area (TPSA) is 105 Å². The Balaban J connectivity index is 1.17. The predicted octanol–water partition coefficient (Wildman–Crippen LogP) is 4.37. The molecule has 2 aromatic carbocycles. The summed E-state index contributed by atoms with van der Waals surface area (Å²) >= 11 is 0. The number of primary amides is 1. The van der Waals surface area contributed by atoms with Gasteiger partial charge in [0.1, 0.15) is 17.7 Å². The Morgan fingerprint density at radius 1 is 0.951 bits per heavy atom. The number of fused-ring (bicyclic) bond motifs is 2. The van der Waals surface area contributed by atoms with Gasteiger partial charge in [-0.3, -0.25) is 19.4 Å². The fraction of sp³-hybridized carbons (Fsp3) is 0.545. The molecule has 0 spiro atoms. The minimum atomic E-state index is -0.853. The number of likely N-dealkylation sites (tertiary alicyclic amines) is 2. The van der Waals surface area contributed by atoms with E-state index in [9.17, 15) is 14.4 Å². The van der Waals surface area contributed by atoms with Crippen molar-refractivity contribution in [2.75, 3.05) is 13.1 Å². The van der Waals surface area contributed by atoms with Gasteiger partial charge in [0.15, 0.2) is 0 Å². The summed E-state index contributed by atoms with van der Waals surface area (Å²) in [5.41, 5.74) is 8.69. The predicted molar refractivity (Wildman–Crippen MR) is 158 cm³/mol. The van der Waals surface area contributed by atoms with Gasteiger partial charge in [-0.05, 0) is 94.5 Å². The maximum atomic E-state index is 13.5. The Morgan fingerprint density at radius 3 is 2.27 bits per heavy atom. The highest BCUT2D eigenvalue weighted by atomic mass is 16.6. The number of amides is 3. The third-order valence-electron chi connectivity index (χ3n) is 8.85. The minimum absolute atomic E-state index is 0.00428. The van der Waals surface area contributed by atoms with Crippen LogP contribution in [0.3, 0.4) is 0 Å². The van der Waals surface area contributed by atoms with Crippen LogP contribution in [0.4, 0.5) is 4.79 Å². The standard InChI is InChI=1S/C33H44N4O4/c1-33(2,3)41-32(40)37-27-14-13-26(20-27)29(37)31(39)35-28(30(34)38)19-22-9-11-24(12-10-22)25-15-17-36(18-16-25)21-23-7-5-4-6-8-23/h4-12,25-29H,13-21H2,1-3H3,(H2,34,38)(H,35,39)/t26-,27+,28-,29-/m0/s1. The number of nitrogens with zero attached hydrogens (tertiary/aromatic N) is 2. The zero-order valence-corrected chi connectivity index (χ0v) is 24.6. The second kappa shape index (κ2) is 12.2. The number of piperidine rings is 2. The van der Waals surface area contributed by atoms with Gasteiger partial charge in [-0.1, -0.05) is 54.6 Å². The molecule has 0 unspecified atom stereocenters. The van der Waals surface area contributed by atoms with Gasteiger partial charge in [-0.2, -0.15) is 0 Å². The number of rotatable bonds is 8. The van der Waals surface area contributed by atoms with Crippen LogP contribution < -0.4 is 11.1 Å². The van der Waals surface area contributed by atoms with Crippen molar-refractivity contribution in [3.63, 3.8) is 0 Å². The van der Waals surface area contributed by atoms with Crippen molar-refractivity contribution >= 4 is 17.9 Å². The number of carbonyl (C=O) groups excluding carboxylic acids is 3. The lowest BCUT2D eigenvalue weighted by atomic mass is 9.88. The highest BCUT2D eigenvalue weighted by Gasteiger charge is 2.52. The van der Waals surface area contributed by atoms with E-state index in [1.807, 2.05) is 32.9 Å². The van der Waals surface area contributed by atoms with E-state index in [-0.39, 0.29) is 17.9 Å². The molecule has 3 N–H and O–H groups in total. The summed E-state index contributed by atoms with van der Waals surface area (Å²) in [6.07, 6.45) is 4.60. The van der Waals surface area contributed by atoms with Crippen molar-refractivity contribution in [1.29, 1.82) is 0 Å². The molecule has 8 heteroatoms. The summed E-state index contributed by atoms with van der Waals surface area (Å²) in [7, 11) is 0. The molecule has 0 aromatic heterocycles. The second-order valence-corrected chi connectivity index (χ2v) is 13.0. The molecular formula is C33H44N4O4. The van der Waals surface area contributed by atoms with E-state index in [2.05, 4.69) is 52.7 Å². The largest absolute Gasteiger partial charge is 0.444 e. The first kappa shape index (κ1) is 29.1. The first-order valence-electron chi connectivity index (χ1n) is 15.0. The van der Waals surface area contributed by atoms with Gasteiger partial charge in [0.2, 0.25) is 11.8 Å². The summed E-state index contributed by atoms with van der Waals surface area (Å²) < 4.78 is 5.61. The Bertz CT molecular complexity index is 1220. The van der Waals surface area contributed by atoms with Gasteiger partial charge in [0, 0.05) is 19.0 Å². The Hall–Kier alpha value is -3.39. The minimum Gasteiger partial charge on any atom is -0.444 e. The van der Waals surface area contributed by atoms with Crippen LogP contribution in [0.1, 0.15) is 75.5 Å². The quantitative estimate of drug-likeness (QED) is 0.499. The highest BCUT2D eigenvalue weighted by Crippen LogP contribution is 2.43. The molecule has 1 saturated carbocycles. The maximum Gasteiger partial charge on any atom is 0.411 e. The molecule has 3 fully saturated rings. The lowest BCUT2D eigenvalue weighted by Crippen LogP contribution is -2.57. The van der Waals surface area contributed by atoms with Crippen LogP contribution in [-0.2, 0) is 27.3 Å². The molecule has 2 aliphatic heterocycles. The SMILES string of the molecule is CC(C)(C)OC(=O)N1[C@@H]2CC[C@@H](C2)[C@H]1C(=O)N[C@@H](Cc1ccc(C2CCN(Cc3ccccc3)CC2)cc1)C(N)=O. The zero-order chi connectivity index (χ0) is 29.1. The average Bonchev–Trinajstić information content (AvgIpc) is 3.55. The van der Waals surface area contributed by atoms with Crippen molar-refractivity contribution in [3.8, 4) is 0 Å². The van der Waals surface area contributed by atoms with Gasteiger partial charge in [0.25, 0.3) is 0 Å². The van der Waals surface area contributed by atoms with Crippen molar-refractivity contribution in [2.45, 2.75) is 95.5 Å². The van der Waals surface area contributed by atoms with Crippen LogP contribution in [-0.4, -0.2) is 64.5 Å². The molecule has 41 heavy (non-hydrogen) atoms. The smallest absolute Gasteiger partial charge is 0.411 e. The molecule has 2 heterocycles. The van der Waals surface area contributed by atoms with Gasteiger partial charge in [-0.15, -0.1) is 0 Å². The van der Waals surface area contributed by atoms with Crippen LogP contribution in [0.15, 0.2) is 54.6 Å². The number of benzene rings is 2. The van der Waals surface area contributed by atoms with Crippen molar-refractivity contribution in [1.82, 2.24) is 15.1 Å². The molecule has 0 radical (unpaired) electrons. The van der Waals surface area contributed by atoms with E-state index in [4.69, 9.17) is 10.5 Å². The monoisotopic (exact) mass is 560 g/mol. The lowest BCUT2D eigenvalue weighted by molar-refractivity contribution is -0.132. The summed E-state index contributed by atoms with van der Waals surface area (Å²) in [5.74, 6) is -0.329. The summed E-state index contributed by atoms with van der Waals surface area (Å²) in [6, 6.07) is 17.5. The normalized spacial score (nSPS) is 23.8. The molecule has 2 saturated heterocycles.